The molecule has 0 radical (unpaired) electrons. The molecule has 0 fully saturated rings. The highest BCUT2D eigenvalue weighted by molar-refractivity contribution is 5.98. The first-order valence-corrected chi connectivity index (χ1v) is 7.44. The number of Topliss-reactive ketones (excluding diaryl/α,β-unsaturated/α-hetero) is 1. The van der Waals surface area contributed by atoms with E-state index in [9.17, 15) is 14.4 Å². The van der Waals surface area contributed by atoms with E-state index in [1.807, 2.05) is 13.0 Å². The maximum absolute atomic E-state index is 12.1. The third-order valence-electron chi connectivity index (χ3n) is 3.19. The summed E-state index contributed by atoms with van der Waals surface area (Å²) in [5.41, 5.74) is 0. The van der Waals surface area contributed by atoms with Crippen LogP contribution in [0.5, 0.6) is 0 Å². The molecule has 0 aromatic heterocycles. The molecule has 0 saturated heterocycles. The largest absolute Gasteiger partial charge is 0.344 e. The van der Waals surface area contributed by atoms with Gasteiger partial charge in [-0.05, 0) is 26.3 Å². The van der Waals surface area contributed by atoms with Gasteiger partial charge in [0.05, 0.1) is 0 Å². The van der Waals surface area contributed by atoms with Crippen molar-refractivity contribution in [3.8, 4) is 0 Å². The molecular formula is C16H23N3O3. The highest BCUT2D eigenvalue weighted by atomic mass is 16.2. The second-order valence-electron chi connectivity index (χ2n) is 5.12. The molecule has 0 bridgehead atoms. The van der Waals surface area contributed by atoms with Crippen LogP contribution in [-0.4, -0.2) is 41.9 Å². The number of allylic oxidation sites excluding steroid dienone is 2. The number of rotatable bonds is 6. The summed E-state index contributed by atoms with van der Waals surface area (Å²) >= 11 is 0. The topological polar surface area (TPSA) is 87.6 Å². The maximum Gasteiger partial charge on any atom is 0.243 e. The van der Waals surface area contributed by atoms with E-state index in [0.29, 0.717) is 0 Å². The Balaban J connectivity index is 2.51. The van der Waals surface area contributed by atoms with Crippen LogP contribution in [0.2, 0.25) is 0 Å². The van der Waals surface area contributed by atoms with Crippen molar-refractivity contribution in [1.29, 1.82) is 0 Å². The Morgan fingerprint density at radius 2 is 2.14 bits per heavy atom. The summed E-state index contributed by atoms with van der Waals surface area (Å²) in [6, 6.07) is -1.92. The molecule has 6 heteroatoms. The van der Waals surface area contributed by atoms with Gasteiger partial charge in [0.2, 0.25) is 11.8 Å². The van der Waals surface area contributed by atoms with Crippen molar-refractivity contribution >= 4 is 23.8 Å². The van der Waals surface area contributed by atoms with Crippen LogP contribution in [0.3, 0.4) is 0 Å². The number of ketones is 1. The lowest BCUT2D eigenvalue weighted by molar-refractivity contribution is -0.130. The predicted octanol–water partition coefficient (Wildman–Crippen LogP) is 0.930. The number of carbonyl (C=O) groups excluding carboxylic acids is 3. The first-order chi connectivity index (χ1) is 10.5. The van der Waals surface area contributed by atoms with Crippen molar-refractivity contribution in [2.75, 3.05) is 0 Å². The average molecular weight is 305 g/mol. The summed E-state index contributed by atoms with van der Waals surface area (Å²) in [6.45, 7) is 5.24. The van der Waals surface area contributed by atoms with E-state index < -0.39 is 24.0 Å². The minimum absolute atomic E-state index is 0.178. The number of nitrogens with one attached hydrogen (secondary N) is 2. The Morgan fingerprint density at radius 3 is 2.82 bits per heavy atom. The monoisotopic (exact) mass is 305 g/mol. The summed E-state index contributed by atoms with van der Waals surface area (Å²) < 4.78 is 0. The highest BCUT2D eigenvalue weighted by Crippen LogP contribution is 2.03. The zero-order chi connectivity index (χ0) is 16.5. The molecule has 0 aliphatic carbocycles. The van der Waals surface area contributed by atoms with Gasteiger partial charge in [-0.25, -0.2) is 0 Å². The van der Waals surface area contributed by atoms with E-state index in [-0.39, 0.29) is 18.1 Å². The molecule has 1 aliphatic rings. The molecule has 6 nitrogen and oxygen atoms in total. The van der Waals surface area contributed by atoms with Crippen LogP contribution in [0, 0.1) is 0 Å². The lowest BCUT2D eigenvalue weighted by Crippen LogP contribution is -2.50. The first-order valence-electron chi connectivity index (χ1n) is 7.44. The van der Waals surface area contributed by atoms with Gasteiger partial charge >= 0.3 is 0 Å². The van der Waals surface area contributed by atoms with Crippen molar-refractivity contribution < 1.29 is 14.4 Å². The molecule has 1 rings (SSSR count). The maximum atomic E-state index is 12.1. The minimum Gasteiger partial charge on any atom is -0.344 e. The lowest BCUT2D eigenvalue weighted by Gasteiger charge is -2.18. The highest BCUT2D eigenvalue weighted by Gasteiger charge is 2.26. The number of hydrogen-bond acceptors (Lipinski definition) is 4. The fraction of sp³-hybridized carbons (Fsp3) is 0.500. The van der Waals surface area contributed by atoms with Gasteiger partial charge in [-0.3, -0.25) is 19.4 Å². The Bertz CT molecular complexity index is 509. The zero-order valence-corrected chi connectivity index (χ0v) is 13.2. The molecule has 2 amide bonds. The smallest absolute Gasteiger partial charge is 0.243 e. The Hall–Kier alpha value is -2.24. The fourth-order valence-corrected chi connectivity index (χ4v) is 1.89. The van der Waals surface area contributed by atoms with Crippen LogP contribution in [0.1, 0.15) is 33.6 Å². The molecule has 3 atom stereocenters. The Morgan fingerprint density at radius 1 is 1.41 bits per heavy atom. The van der Waals surface area contributed by atoms with Gasteiger partial charge in [-0.1, -0.05) is 25.2 Å². The Kier molecular flexibility index (Phi) is 7.22. The molecule has 22 heavy (non-hydrogen) atoms. The SMILES string of the molecule is CC/C=C/CC(=O)N[C@@H](C)C(=O)NC1C=CC=NC(C)C1=O. The lowest BCUT2D eigenvalue weighted by atomic mass is 10.1. The van der Waals surface area contributed by atoms with Crippen molar-refractivity contribution in [3.63, 3.8) is 0 Å². The molecule has 2 N–H and O–H groups in total. The zero-order valence-electron chi connectivity index (χ0n) is 13.2. The van der Waals surface area contributed by atoms with Crippen molar-refractivity contribution in [2.24, 2.45) is 4.99 Å². The molecule has 0 aromatic carbocycles. The van der Waals surface area contributed by atoms with Crippen molar-refractivity contribution in [3.05, 3.63) is 24.3 Å². The molecule has 0 saturated carbocycles. The number of amides is 2. The number of carbonyl (C=O) groups is 3. The van der Waals surface area contributed by atoms with Gasteiger partial charge in [0, 0.05) is 12.6 Å². The normalized spacial score (nSPS) is 22.4. The average Bonchev–Trinajstić information content (AvgIpc) is 2.63. The van der Waals surface area contributed by atoms with Gasteiger partial charge < -0.3 is 10.6 Å². The number of hydrogen-bond donors (Lipinski definition) is 2. The van der Waals surface area contributed by atoms with E-state index in [1.165, 1.54) is 0 Å². The predicted molar refractivity (Wildman–Crippen MR) is 85.7 cm³/mol. The minimum atomic E-state index is -0.718. The molecule has 2 unspecified atom stereocenters. The molecule has 0 aromatic rings. The molecule has 0 spiro atoms. The molecule has 120 valence electrons. The Labute approximate surface area is 130 Å². The van der Waals surface area contributed by atoms with Crippen LogP contribution in [0.4, 0.5) is 0 Å². The number of aliphatic imine (C=N–C) groups is 1. The second kappa shape index (κ2) is 8.92. The van der Waals surface area contributed by atoms with Crippen LogP contribution in [0.15, 0.2) is 29.3 Å². The number of nitrogens with zero attached hydrogens (tertiary/aromatic N) is 1. The fourth-order valence-electron chi connectivity index (χ4n) is 1.89. The van der Waals surface area contributed by atoms with Crippen LogP contribution in [-0.2, 0) is 14.4 Å². The van der Waals surface area contributed by atoms with Crippen LogP contribution in [0.25, 0.3) is 0 Å². The van der Waals surface area contributed by atoms with E-state index >= 15 is 0 Å². The summed E-state index contributed by atoms with van der Waals surface area (Å²) in [5, 5.41) is 5.22. The van der Waals surface area contributed by atoms with E-state index in [2.05, 4.69) is 15.6 Å². The van der Waals surface area contributed by atoms with E-state index in [0.717, 1.165) is 6.42 Å². The molecule has 1 heterocycles. The third kappa shape index (κ3) is 5.63. The van der Waals surface area contributed by atoms with E-state index in [4.69, 9.17) is 0 Å². The van der Waals surface area contributed by atoms with Gasteiger partial charge in [0.1, 0.15) is 18.1 Å². The van der Waals surface area contributed by atoms with Gasteiger partial charge in [-0.2, -0.15) is 0 Å². The summed E-state index contributed by atoms with van der Waals surface area (Å²) in [7, 11) is 0. The van der Waals surface area contributed by atoms with E-state index in [1.54, 1.807) is 38.3 Å². The van der Waals surface area contributed by atoms with Crippen LogP contribution >= 0.6 is 0 Å². The van der Waals surface area contributed by atoms with Gasteiger partial charge in [0.15, 0.2) is 5.78 Å². The second-order valence-corrected chi connectivity index (χ2v) is 5.12. The summed E-state index contributed by atoms with van der Waals surface area (Å²) in [4.78, 5) is 39.8. The quantitative estimate of drug-likeness (QED) is 0.716. The molecular weight excluding hydrogens is 282 g/mol. The van der Waals surface area contributed by atoms with Gasteiger partial charge in [0.25, 0.3) is 0 Å². The summed E-state index contributed by atoms with van der Waals surface area (Å²) in [5.74, 6) is -0.806. The van der Waals surface area contributed by atoms with Crippen LogP contribution < -0.4 is 10.6 Å². The van der Waals surface area contributed by atoms with Gasteiger partial charge in [-0.15, -0.1) is 0 Å². The van der Waals surface area contributed by atoms with Crippen molar-refractivity contribution in [2.45, 2.75) is 51.7 Å². The third-order valence-corrected chi connectivity index (χ3v) is 3.19. The standard InChI is InChI=1S/C16H23N3O3/c1-4-5-6-9-14(20)18-12(3)16(22)19-13-8-7-10-17-11(2)15(13)21/h5-8,10-13H,4,9H2,1-3H3,(H,18,20)(H,19,22)/b6-5+/t11?,12-,13?/m0/s1. The van der Waals surface area contributed by atoms with Crippen molar-refractivity contribution in [1.82, 2.24) is 10.6 Å². The summed E-state index contributed by atoms with van der Waals surface area (Å²) in [6.07, 6.45) is 9.51. The molecule has 1 aliphatic heterocycles. The first kappa shape index (κ1) is 17.8.